The number of hydrogen-bond donors (Lipinski definition) is 2. The summed E-state index contributed by atoms with van der Waals surface area (Å²) in [6.45, 7) is 5.56. The van der Waals surface area contributed by atoms with E-state index in [4.69, 9.17) is 15.7 Å². The number of nitriles is 1. The van der Waals surface area contributed by atoms with Crippen LogP contribution in [-0.2, 0) is 0 Å². The fourth-order valence-corrected chi connectivity index (χ4v) is 4.34. The van der Waals surface area contributed by atoms with E-state index in [1.165, 1.54) is 0 Å². The molecule has 0 atom stereocenters. The van der Waals surface area contributed by atoms with Gasteiger partial charge in [0.1, 0.15) is 5.75 Å². The number of anilines is 2. The Morgan fingerprint density at radius 1 is 1.21 bits per heavy atom. The van der Waals surface area contributed by atoms with Crippen molar-refractivity contribution in [2.45, 2.75) is 32.7 Å². The van der Waals surface area contributed by atoms with Crippen molar-refractivity contribution >= 4 is 33.5 Å². The van der Waals surface area contributed by atoms with Crippen LogP contribution in [0.15, 0.2) is 47.1 Å². The number of hydrogen-bond acceptors (Lipinski definition) is 7. The second-order valence-electron chi connectivity index (χ2n) is 8.32. The van der Waals surface area contributed by atoms with Crippen molar-refractivity contribution in [3.8, 4) is 17.7 Å². The number of aromatic nitrogens is 2. The molecule has 1 aliphatic heterocycles. The lowest BCUT2D eigenvalue weighted by Crippen LogP contribution is -2.39. The standard InChI is InChI=1S/C25H25BrN6O2/c1-15-11-17(13-27)12-16(2)22(15)34-24-21(26)14-29-25(31-24)30-19-7-9-32(10-8-19)20-5-3-18(4-6-20)23(28)33/h3-6,11-12,14,19H,7-10H2,1-2H3,(H2,28,33)(H,29,30,31). The molecule has 4 rings (SSSR count). The van der Waals surface area contributed by atoms with E-state index in [9.17, 15) is 4.79 Å². The van der Waals surface area contributed by atoms with E-state index in [1.807, 2.05) is 26.0 Å². The summed E-state index contributed by atoms with van der Waals surface area (Å²) in [7, 11) is 0. The molecule has 1 aromatic heterocycles. The molecule has 1 amide bonds. The van der Waals surface area contributed by atoms with Crippen LogP contribution in [-0.4, -0.2) is 35.0 Å². The first kappa shape index (κ1) is 23.5. The molecule has 2 heterocycles. The van der Waals surface area contributed by atoms with Crippen molar-refractivity contribution in [2.75, 3.05) is 23.3 Å². The summed E-state index contributed by atoms with van der Waals surface area (Å²) in [5, 5.41) is 12.6. The highest BCUT2D eigenvalue weighted by atomic mass is 79.9. The van der Waals surface area contributed by atoms with E-state index < -0.39 is 5.91 Å². The summed E-state index contributed by atoms with van der Waals surface area (Å²) in [4.78, 5) is 22.5. The summed E-state index contributed by atoms with van der Waals surface area (Å²) in [5.74, 6) is 1.18. The molecule has 0 aliphatic carbocycles. The number of amides is 1. The average molecular weight is 521 g/mol. The number of nitrogens with two attached hydrogens (primary N) is 1. The SMILES string of the molecule is Cc1cc(C#N)cc(C)c1Oc1nc(NC2CCN(c3ccc(C(N)=O)cc3)CC2)ncc1Br. The molecular formula is C25H25BrN6O2. The minimum atomic E-state index is -0.420. The Morgan fingerprint density at radius 3 is 2.44 bits per heavy atom. The minimum absolute atomic E-state index is 0.230. The number of nitrogens with one attached hydrogen (secondary N) is 1. The molecule has 0 saturated carbocycles. The maximum atomic E-state index is 11.3. The van der Waals surface area contributed by atoms with Gasteiger partial charge in [-0.3, -0.25) is 4.79 Å². The molecule has 0 bridgehead atoms. The highest BCUT2D eigenvalue weighted by molar-refractivity contribution is 9.10. The maximum absolute atomic E-state index is 11.3. The molecule has 174 valence electrons. The Labute approximate surface area is 206 Å². The number of aryl methyl sites for hydroxylation is 2. The van der Waals surface area contributed by atoms with Gasteiger partial charge in [0.15, 0.2) is 0 Å². The van der Waals surface area contributed by atoms with Gasteiger partial charge in [0.2, 0.25) is 17.7 Å². The van der Waals surface area contributed by atoms with E-state index in [0.29, 0.717) is 33.2 Å². The van der Waals surface area contributed by atoms with Crippen LogP contribution in [0.1, 0.15) is 39.9 Å². The fraction of sp³-hybridized carbons (Fsp3) is 0.280. The number of carbonyl (C=O) groups is 1. The van der Waals surface area contributed by atoms with Crippen LogP contribution >= 0.6 is 15.9 Å². The zero-order valence-electron chi connectivity index (χ0n) is 19.0. The number of primary amides is 1. The molecule has 0 radical (unpaired) electrons. The van der Waals surface area contributed by atoms with Crippen molar-refractivity contribution < 1.29 is 9.53 Å². The van der Waals surface area contributed by atoms with Gasteiger partial charge in [0.25, 0.3) is 0 Å². The minimum Gasteiger partial charge on any atom is -0.437 e. The quantitative estimate of drug-likeness (QED) is 0.483. The number of piperidine rings is 1. The number of halogens is 1. The van der Waals surface area contributed by atoms with Crippen LogP contribution in [0.3, 0.4) is 0 Å². The molecule has 9 heteroatoms. The zero-order valence-corrected chi connectivity index (χ0v) is 20.6. The first-order chi connectivity index (χ1) is 16.3. The summed E-state index contributed by atoms with van der Waals surface area (Å²) in [6.07, 6.45) is 3.51. The van der Waals surface area contributed by atoms with Gasteiger partial charge >= 0.3 is 0 Å². The van der Waals surface area contributed by atoms with Crippen molar-refractivity contribution in [1.29, 1.82) is 5.26 Å². The Morgan fingerprint density at radius 2 is 1.85 bits per heavy atom. The highest BCUT2D eigenvalue weighted by Crippen LogP contribution is 2.33. The van der Waals surface area contributed by atoms with Crippen LogP contribution in [0.5, 0.6) is 11.6 Å². The lowest BCUT2D eigenvalue weighted by Gasteiger charge is -2.34. The van der Waals surface area contributed by atoms with Gasteiger partial charge in [0.05, 0.1) is 22.3 Å². The third kappa shape index (κ3) is 5.29. The van der Waals surface area contributed by atoms with Gasteiger partial charge < -0.3 is 20.7 Å². The highest BCUT2D eigenvalue weighted by Gasteiger charge is 2.21. The van der Waals surface area contributed by atoms with E-state index in [-0.39, 0.29) is 6.04 Å². The molecule has 1 aliphatic rings. The predicted molar refractivity (Wildman–Crippen MR) is 134 cm³/mol. The number of benzene rings is 2. The molecule has 0 unspecified atom stereocenters. The van der Waals surface area contributed by atoms with Crippen LogP contribution in [0.2, 0.25) is 0 Å². The largest absolute Gasteiger partial charge is 0.437 e. The van der Waals surface area contributed by atoms with Gasteiger partial charge in [0, 0.05) is 30.4 Å². The monoisotopic (exact) mass is 520 g/mol. The van der Waals surface area contributed by atoms with Gasteiger partial charge in [-0.1, -0.05) is 0 Å². The topological polar surface area (TPSA) is 117 Å². The lowest BCUT2D eigenvalue weighted by atomic mass is 10.0. The fourth-order valence-electron chi connectivity index (χ4n) is 4.07. The summed E-state index contributed by atoms with van der Waals surface area (Å²) in [6, 6.07) is 13.4. The average Bonchev–Trinajstić information content (AvgIpc) is 2.83. The van der Waals surface area contributed by atoms with Crippen molar-refractivity contribution in [3.63, 3.8) is 0 Å². The van der Waals surface area contributed by atoms with Gasteiger partial charge in [-0.05, 0) is 90.1 Å². The number of nitrogens with zero attached hydrogens (tertiary/aromatic N) is 4. The lowest BCUT2D eigenvalue weighted by molar-refractivity contribution is 0.100. The van der Waals surface area contributed by atoms with E-state index in [1.54, 1.807) is 30.5 Å². The van der Waals surface area contributed by atoms with E-state index in [2.05, 4.69) is 42.2 Å². The van der Waals surface area contributed by atoms with Gasteiger partial charge in [-0.2, -0.15) is 10.2 Å². The zero-order chi connectivity index (χ0) is 24.2. The van der Waals surface area contributed by atoms with Crippen LogP contribution in [0.4, 0.5) is 11.6 Å². The number of rotatable bonds is 6. The van der Waals surface area contributed by atoms with Crippen LogP contribution < -0.4 is 20.7 Å². The Bertz CT molecular complexity index is 1220. The van der Waals surface area contributed by atoms with Crippen LogP contribution in [0.25, 0.3) is 0 Å². The molecule has 3 N–H and O–H groups in total. The molecule has 8 nitrogen and oxygen atoms in total. The first-order valence-electron chi connectivity index (χ1n) is 11.0. The molecule has 1 saturated heterocycles. The third-order valence-corrected chi connectivity index (χ3v) is 6.39. The third-order valence-electron chi connectivity index (χ3n) is 5.85. The Balaban J connectivity index is 1.40. The summed E-state index contributed by atoms with van der Waals surface area (Å²) < 4.78 is 6.76. The van der Waals surface area contributed by atoms with Crippen molar-refractivity contribution in [3.05, 3.63) is 69.3 Å². The van der Waals surface area contributed by atoms with Gasteiger partial charge in [-0.15, -0.1) is 0 Å². The second kappa shape index (κ2) is 10.1. The molecule has 3 aromatic rings. The molecule has 2 aromatic carbocycles. The summed E-state index contributed by atoms with van der Waals surface area (Å²) in [5.41, 5.74) is 9.25. The number of carbonyl (C=O) groups excluding carboxylic acids is 1. The second-order valence-corrected chi connectivity index (χ2v) is 9.17. The summed E-state index contributed by atoms with van der Waals surface area (Å²) >= 11 is 3.47. The van der Waals surface area contributed by atoms with Crippen molar-refractivity contribution in [2.24, 2.45) is 5.73 Å². The molecule has 34 heavy (non-hydrogen) atoms. The smallest absolute Gasteiger partial charge is 0.248 e. The normalized spacial score (nSPS) is 13.9. The Kier molecular flexibility index (Phi) is 6.98. The van der Waals surface area contributed by atoms with Gasteiger partial charge in [-0.25, -0.2) is 4.98 Å². The predicted octanol–water partition coefficient (Wildman–Crippen LogP) is 4.70. The molecule has 1 fully saturated rings. The number of ether oxygens (including phenoxy) is 1. The van der Waals surface area contributed by atoms with E-state index in [0.717, 1.165) is 42.7 Å². The molecule has 0 spiro atoms. The Hall–Kier alpha value is -3.64. The maximum Gasteiger partial charge on any atom is 0.248 e. The molecular weight excluding hydrogens is 496 g/mol. The van der Waals surface area contributed by atoms with Crippen LogP contribution in [0, 0.1) is 25.2 Å². The first-order valence-corrected chi connectivity index (χ1v) is 11.8. The van der Waals surface area contributed by atoms with Crippen molar-refractivity contribution in [1.82, 2.24) is 9.97 Å². The van der Waals surface area contributed by atoms with E-state index >= 15 is 0 Å².